The van der Waals surface area contributed by atoms with Crippen molar-refractivity contribution in [2.75, 3.05) is 14.1 Å². The van der Waals surface area contributed by atoms with E-state index in [-0.39, 0.29) is 11.8 Å². The van der Waals surface area contributed by atoms with Crippen molar-refractivity contribution in [2.24, 2.45) is 0 Å². The van der Waals surface area contributed by atoms with Gasteiger partial charge in [-0.3, -0.25) is 9.59 Å². The summed E-state index contributed by atoms with van der Waals surface area (Å²) in [4.78, 5) is 23.0. The Balaban J connectivity index is 2.90. The number of aromatic nitrogens is 1. The van der Waals surface area contributed by atoms with Crippen LogP contribution in [0.5, 0.6) is 0 Å². The van der Waals surface area contributed by atoms with Crippen molar-refractivity contribution in [3.63, 3.8) is 0 Å². The molecular formula is C14H23N3O2. The molecule has 0 saturated carbocycles. The number of hydrogen-bond acceptors (Lipinski definition) is 2. The van der Waals surface area contributed by atoms with Crippen molar-refractivity contribution < 1.29 is 9.59 Å². The molecule has 0 aliphatic rings. The minimum Gasteiger partial charge on any atom is -0.359 e. The molecule has 1 aromatic heterocycles. The molecule has 0 saturated heterocycles. The van der Waals surface area contributed by atoms with Gasteiger partial charge in [0.1, 0.15) is 6.54 Å². The van der Waals surface area contributed by atoms with Gasteiger partial charge in [0.25, 0.3) is 0 Å². The van der Waals surface area contributed by atoms with E-state index < -0.39 is 0 Å². The van der Waals surface area contributed by atoms with E-state index in [0.717, 1.165) is 30.5 Å². The van der Waals surface area contributed by atoms with Crippen LogP contribution in [0.2, 0.25) is 0 Å². The highest BCUT2D eigenvalue weighted by atomic mass is 16.2. The third-order valence-corrected chi connectivity index (χ3v) is 3.16. The summed E-state index contributed by atoms with van der Waals surface area (Å²) in [5.74, 6) is -0.0321. The number of unbranched alkanes of at least 4 members (excludes halogenated alkanes) is 1. The summed E-state index contributed by atoms with van der Waals surface area (Å²) in [7, 11) is 3.26. The lowest BCUT2D eigenvalue weighted by atomic mass is 10.1. The Hall–Kier alpha value is -1.78. The Morgan fingerprint density at radius 3 is 2.47 bits per heavy atom. The van der Waals surface area contributed by atoms with E-state index in [0.29, 0.717) is 13.0 Å². The van der Waals surface area contributed by atoms with Crippen LogP contribution in [0.4, 0.5) is 0 Å². The molecular weight excluding hydrogens is 242 g/mol. The van der Waals surface area contributed by atoms with Crippen LogP contribution in [0.3, 0.4) is 0 Å². The average molecular weight is 265 g/mol. The average Bonchev–Trinajstić information content (AvgIpc) is 2.78. The fraction of sp³-hybridized carbons (Fsp3) is 0.571. The van der Waals surface area contributed by atoms with Gasteiger partial charge < -0.3 is 15.2 Å². The molecule has 0 spiro atoms. The maximum atomic E-state index is 11.5. The summed E-state index contributed by atoms with van der Waals surface area (Å²) in [5, 5.41) is 5.25. The number of carbonyl (C=O) groups excluding carboxylic acids is 2. The van der Waals surface area contributed by atoms with Crippen molar-refractivity contribution in [3.05, 3.63) is 23.5 Å². The number of rotatable bonds is 7. The molecule has 2 N–H and O–H groups in total. The number of likely N-dealkylation sites (N-methyl/N-ethyl adjacent to an activating group) is 2. The van der Waals surface area contributed by atoms with Crippen molar-refractivity contribution >= 4 is 11.8 Å². The molecule has 1 aromatic rings. The summed E-state index contributed by atoms with van der Waals surface area (Å²) in [6, 6.07) is 1.93. The molecule has 0 aliphatic carbocycles. The molecule has 2 amide bonds. The predicted octanol–water partition coefficient (Wildman–Crippen LogP) is 0.865. The molecule has 0 fully saturated rings. The lowest BCUT2D eigenvalue weighted by Crippen LogP contribution is -2.24. The van der Waals surface area contributed by atoms with E-state index in [1.807, 2.05) is 16.8 Å². The van der Waals surface area contributed by atoms with Gasteiger partial charge in [-0.25, -0.2) is 0 Å². The topological polar surface area (TPSA) is 63.1 Å². The second kappa shape index (κ2) is 7.61. The molecule has 19 heavy (non-hydrogen) atoms. The Morgan fingerprint density at radius 2 is 1.89 bits per heavy atom. The van der Waals surface area contributed by atoms with E-state index >= 15 is 0 Å². The van der Waals surface area contributed by atoms with Crippen LogP contribution in [-0.2, 0) is 29.0 Å². The monoisotopic (exact) mass is 265 g/mol. The van der Waals surface area contributed by atoms with Gasteiger partial charge in [0, 0.05) is 26.0 Å². The number of carbonyl (C=O) groups is 2. The maximum absolute atomic E-state index is 11.5. The van der Waals surface area contributed by atoms with Gasteiger partial charge in [0.15, 0.2) is 0 Å². The van der Waals surface area contributed by atoms with Crippen LogP contribution in [0.25, 0.3) is 0 Å². The zero-order valence-electron chi connectivity index (χ0n) is 12.0. The molecule has 0 bridgehead atoms. The van der Waals surface area contributed by atoms with E-state index in [9.17, 15) is 9.59 Å². The van der Waals surface area contributed by atoms with E-state index in [2.05, 4.69) is 17.6 Å². The first-order valence-electron chi connectivity index (χ1n) is 6.70. The second-order valence-electron chi connectivity index (χ2n) is 4.54. The molecule has 1 heterocycles. The fourth-order valence-corrected chi connectivity index (χ4v) is 2.00. The molecule has 0 unspecified atom stereocenters. The van der Waals surface area contributed by atoms with Crippen LogP contribution in [-0.4, -0.2) is 30.5 Å². The SMILES string of the molecule is CCCCc1c(CC(=O)NC)ccn1CC(=O)NC. The first-order chi connectivity index (χ1) is 9.12. The predicted molar refractivity (Wildman–Crippen MR) is 74.9 cm³/mol. The van der Waals surface area contributed by atoms with Crippen LogP contribution in [0.1, 0.15) is 31.0 Å². The summed E-state index contributed by atoms with van der Waals surface area (Å²) in [6.07, 6.45) is 5.30. The zero-order valence-corrected chi connectivity index (χ0v) is 12.0. The second-order valence-corrected chi connectivity index (χ2v) is 4.54. The van der Waals surface area contributed by atoms with Crippen LogP contribution in [0.15, 0.2) is 12.3 Å². The molecule has 0 atom stereocenters. The van der Waals surface area contributed by atoms with E-state index in [1.54, 1.807) is 14.1 Å². The first kappa shape index (κ1) is 15.3. The molecule has 1 rings (SSSR count). The molecule has 106 valence electrons. The molecule has 0 aliphatic heterocycles. The number of hydrogen-bond donors (Lipinski definition) is 2. The number of amides is 2. The normalized spacial score (nSPS) is 10.3. The molecule has 5 nitrogen and oxygen atoms in total. The Labute approximate surface area is 114 Å². The highest BCUT2D eigenvalue weighted by Crippen LogP contribution is 2.15. The lowest BCUT2D eigenvalue weighted by molar-refractivity contribution is -0.121. The van der Waals surface area contributed by atoms with Gasteiger partial charge in [0.05, 0.1) is 6.42 Å². The van der Waals surface area contributed by atoms with E-state index in [4.69, 9.17) is 0 Å². The fourth-order valence-electron chi connectivity index (χ4n) is 2.00. The molecule has 0 aromatic carbocycles. The zero-order chi connectivity index (χ0) is 14.3. The van der Waals surface area contributed by atoms with Gasteiger partial charge in [-0.2, -0.15) is 0 Å². The Kier molecular flexibility index (Phi) is 6.12. The number of nitrogens with zero attached hydrogens (tertiary/aromatic N) is 1. The number of nitrogens with one attached hydrogen (secondary N) is 2. The standard InChI is InChI=1S/C14H23N3O2/c1-4-5-6-12-11(9-13(18)15-2)7-8-17(12)10-14(19)16-3/h7-8H,4-6,9-10H2,1-3H3,(H,15,18)(H,16,19). The van der Waals surface area contributed by atoms with Gasteiger partial charge >= 0.3 is 0 Å². The van der Waals surface area contributed by atoms with Gasteiger partial charge in [-0.15, -0.1) is 0 Å². The maximum Gasteiger partial charge on any atom is 0.239 e. The molecule has 0 radical (unpaired) electrons. The van der Waals surface area contributed by atoms with E-state index in [1.165, 1.54) is 0 Å². The minimum absolute atomic E-state index is 0.00422. The summed E-state index contributed by atoms with van der Waals surface area (Å²) in [6.45, 7) is 2.44. The lowest BCUT2D eigenvalue weighted by Gasteiger charge is -2.10. The van der Waals surface area contributed by atoms with Crippen LogP contribution in [0, 0.1) is 0 Å². The summed E-state index contributed by atoms with van der Waals surface area (Å²) >= 11 is 0. The summed E-state index contributed by atoms with van der Waals surface area (Å²) < 4.78 is 1.94. The third kappa shape index (κ3) is 4.43. The minimum atomic E-state index is -0.0279. The van der Waals surface area contributed by atoms with Gasteiger partial charge in [-0.1, -0.05) is 13.3 Å². The third-order valence-electron chi connectivity index (χ3n) is 3.16. The van der Waals surface area contributed by atoms with Crippen molar-refractivity contribution in [1.82, 2.24) is 15.2 Å². The molecule has 5 heteroatoms. The van der Waals surface area contributed by atoms with Crippen LogP contribution >= 0.6 is 0 Å². The van der Waals surface area contributed by atoms with Gasteiger partial charge in [0.2, 0.25) is 11.8 Å². The quantitative estimate of drug-likeness (QED) is 0.768. The Morgan fingerprint density at radius 1 is 1.21 bits per heavy atom. The Bertz CT molecular complexity index is 402. The highest BCUT2D eigenvalue weighted by Gasteiger charge is 2.13. The van der Waals surface area contributed by atoms with Crippen LogP contribution < -0.4 is 10.6 Å². The van der Waals surface area contributed by atoms with Crippen molar-refractivity contribution in [2.45, 2.75) is 39.2 Å². The summed E-state index contributed by atoms with van der Waals surface area (Å²) in [5.41, 5.74) is 2.10. The largest absolute Gasteiger partial charge is 0.359 e. The van der Waals surface area contributed by atoms with Crippen molar-refractivity contribution in [3.8, 4) is 0 Å². The first-order valence-corrected chi connectivity index (χ1v) is 6.70. The van der Waals surface area contributed by atoms with Gasteiger partial charge in [-0.05, 0) is 24.5 Å². The van der Waals surface area contributed by atoms with Crippen molar-refractivity contribution in [1.29, 1.82) is 0 Å². The smallest absolute Gasteiger partial charge is 0.239 e. The highest BCUT2D eigenvalue weighted by molar-refractivity contribution is 5.79.